The second-order valence-electron chi connectivity index (χ2n) is 3.05. The summed E-state index contributed by atoms with van der Waals surface area (Å²) < 4.78 is 0. The third kappa shape index (κ3) is 2.91. The van der Waals surface area contributed by atoms with Crippen LogP contribution in [0.1, 0.15) is 4.88 Å². The van der Waals surface area contributed by atoms with E-state index in [-0.39, 0.29) is 0 Å². The van der Waals surface area contributed by atoms with E-state index >= 15 is 0 Å². The van der Waals surface area contributed by atoms with Gasteiger partial charge in [-0.2, -0.15) is 0 Å². The highest BCUT2D eigenvalue weighted by atomic mass is 35.5. The number of halogens is 1. The van der Waals surface area contributed by atoms with E-state index in [4.69, 9.17) is 17.3 Å². The summed E-state index contributed by atoms with van der Waals surface area (Å²) in [5.74, 6) is 0.962. The zero-order valence-corrected chi connectivity index (χ0v) is 10.3. The van der Waals surface area contributed by atoms with Crippen LogP contribution in [0.3, 0.4) is 0 Å². The number of thiophene rings is 1. The Labute approximate surface area is 102 Å². The topological polar surface area (TPSA) is 26.0 Å². The molecule has 0 saturated heterocycles. The fourth-order valence-electron chi connectivity index (χ4n) is 1.19. The van der Waals surface area contributed by atoms with E-state index in [0.29, 0.717) is 5.02 Å². The molecule has 1 aromatic heterocycles. The number of thioether (sulfide) groups is 1. The van der Waals surface area contributed by atoms with Gasteiger partial charge in [0.15, 0.2) is 0 Å². The van der Waals surface area contributed by atoms with Gasteiger partial charge in [-0.3, -0.25) is 0 Å². The highest BCUT2D eigenvalue weighted by Crippen LogP contribution is 2.31. The second-order valence-corrected chi connectivity index (χ2v) is 5.54. The lowest BCUT2D eigenvalue weighted by atomic mass is 10.3. The minimum atomic E-state index is 0.688. The van der Waals surface area contributed by atoms with Crippen molar-refractivity contribution < 1.29 is 0 Å². The van der Waals surface area contributed by atoms with Gasteiger partial charge in [-0.15, -0.1) is 23.1 Å². The lowest BCUT2D eigenvalue weighted by Crippen LogP contribution is -1.88. The van der Waals surface area contributed by atoms with Gasteiger partial charge >= 0.3 is 0 Å². The predicted octanol–water partition coefficient (Wildman–Crippen LogP) is 4.28. The summed E-state index contributed by atoms with van der Waals surface area (Å²) in [5, 5.41) is 2.77. The molecule has 15 heavy (non-hydrogen) atoms. The van der Waals surface area contributed by atoms with Crippen molar-refractivity contribution in [2.24, 2.45) is 0 Å². The highest BCUT2D eigenvalue weighted by Gasteiger charge is 2.01. The Morgan fingerprint density at radius 3 is 2.87 bits per heavy atom. The molecule has 4 heteroatoms. The summed E-state index contributed by atoms with van der Waals surface area (Å²) in [6.07, 6.45) is 0. The molecule has 2 N–H and O–H groups in total. The SMILES string of the molecule is Nc1cc(Cl)ccc1SCc1cccs1. The third-order valence-corrected chi connectivity index (χ3v) is 4.35. The molecule has 0 atom stereocenters. The molecule has 78 valence electrons. The summed E-state index contributed by atoms with van der Waals surface area (Å²) >= 11 is 9.33. The first-order chi connectivity index (χ1) is 7.25. The molecular weight excluding hydrogens is 246 g/mol. The number of benzene rings is 1. The van der Waals surface area contributed by atoms with E-state index in [2.05, 4.69) is 17.5 Å². The molecule has 0 radical (unpaired) electrons. The Hall–Kier alpha value is -0.640. The van der Waals surface area contributed by atoms with Crippen molar-refractivity contribution in [3.8, 4) is 0 Å². The molecule has 0 fully saturated rings. The van der Waals surface area contributed by atoms with Crippen LogP contribution in [0, 0.1) is 0 Å². The number of anilines is 1. The zero-order valence-electron chi connectivity index (χ0n) is 7.94. The average Bonchev–Trinajstić information content (AvgIpc) is 2.69. The molecule has 0 bridgehead atoms. The van der Waals surface area contributed by atoms with Gasteiger partial charge in [0.2, 0.25) is 0 Å². The van der Waals surface area contributed by atoms with Crippen molar-refractivity contribution in [1.29, 1.82) is 0 Å². The third-order valence-electron chi connectivity index (χ3n) is 1.92. The van der Waals surface area contributed by atoms with Crippen LogP contribution in [-0.2, 0) is 5.75 Å². The lowest BCUT2D eigenvalue weighted by Gasteiger charge is -2.04. The van der Waals surface area contributed by atoms with E-state index in [1.807, 2.05) is 12.1 Å². The van der Waals surface area contributed by atoms with Crippen LogP contribution in [0.15, 0.2) is 40.6 Å². The van der Waals surface area contributed by atoms with Crippen molar-refractivity contribution in [2.75, 3.05) is 5.73 Å². The second kappa shape index (κ2) is 4.92. The fourth-order valence-corrected chi connectivity index (χ4v) is 3.10. The molecule has 0 spiro atoms. The van der Waals surface area contributed by atoms with E-state index in [1.165, 1.54) is 4.88 Å². The first-order valence-electron chi connectivity index (χ1n) is 4.46. The zero-order chi connectivity index (χ0) is 10.7. The van der Waals surface area contributed by atoms with Crippen LogP contribution in [0.5, 0.6) is 0 Å². The molecule has 0 unspecified atom stereocenters. The van der Waals surface area contributed by atoms with Gasteiger partial charge in [0.1, 0.15) is 0 Å². The molecule has 2 aromatic rings. The van der Waals surface area contributed by atoms with Crippen molar-refractivity contribution >= 4 is 40.4 Å². The van der Waals surface area contributed by atoms with Crippen LogP contribution in [0.4, 0.5) is 5.69 Å². The molecule has 0 saturated carbocycles. The maximum atomic E-state index is 5.86. The Balaban J connectivity index is 2.05. The number of nitrogen functional groups attached to an aromatic ring is 1. The quantitative estimate of drug-likeness (QED) is 0.655. The minimum absolute atomic E-state index is 0.688. The molecule has 1 nitrogen and oxygen atoms in total. The Bertz CT molecular complexity index is 440. The summed E-state index contributed by atoms with van der Waals surface area (Å²) in [6, 6.07) is 9.82. The van der Waals surface area contributed by atoms with E-state index < -0.39 is 0 Å². The highest BCUT2D eigenvalue weighted by molar-refractivity contribution is 7.98. The number of rotatable bonds is 3. The Morgan fingerprint density at radius 1 is 1.33 bits per heavy atom. The van der Waals surface area contributed by atoms with Crippen molar-refractivity contribution in [1.82, 2.24) is 0 Å². The molecular formula is C11H10ClNS2. The maximum absolute atomic E-state index is 5.86. The predicted molar refractivity (Wildman–Crippen MR) is 69.7 cm³/mol. The molecule has 1 heterocycles. The molecule has 0 aliphatic carbocycles. The lowest BCUT2D eigenvalue weighted by molar-refractivity contribution is 1.43. The summed E-state index contributed by atoms with van der Waals surface area (Å²) in [7, 11) is 0. The first-order valence-corrected chi connectivity index (χ1v) is 6.70. The Kier molecular flexibility index (Phi) is 3.57. The minimum Gasteiger partial charge on any atom is -0.398 e. The summed E-state index contributed by atoms with van der Waals surface area (Å²) in [5.41, 5.74) is 6.61. The van der Waals surface area contributed by atoms with Gasteiger partial charge < -0.3 is 5.73 Å². The van der Waals surface area contributed by atoms with E-state index in [1.54, 1.807) is 29.2 Å². The van der Waals surface area contributed by atoms with Crippen LogP contribution in [-0.4, -0.2) is 0 Å². The number of hydrogen-bond donors (Lipinski definition) is 1. The molecule has 0 amide bonds. The Morgan fingerprint density at radius 2 is 2.20 bits per heavy atom. The largest absolute Gasteiger partial charge is 0.398 e. The molecule has 0 aliphatic heterocycles. The van der Waals surface area contributed by atoms with Gasteiger partial charge in [0.25, 0.3) is 0 Å². The van der Waals surface area contributed by atoms with E-state index in [9.17, 15) is 0 Å². The standard InChI is InChI=1S/C11H10ClNS2/c12-8-3-4-11(10(13)6-8)15-7-9-2-1-5-14-9/h1-6H,7,13H2. The van der Waals surface area contributed by atoms with Crippen molar-refractivity contribution in [3.05, 3.63) is 45.6 Å². The van der Waals surface area contributed by atoms with Crippen LogP contribution < -0.4 is 5.73 Å². The monoisotopic (exact) mass is 255 g/mol. The summed E-state index contributed by atoms with van der Waals surface area (Å²) in [6.45, 7) is 0. The number of nitrogens with two attached hydrogens (primary N) is 1. The average molecular weight is 256 g/mol. The van der Waals surface area contributed by atoms with Gasteiger partial charge in [-0.05, 0) is 29.6 Å². The van der Waals surface area contributed by atoms with Crippen LogP contribution >= 0.6 is 34.7 Å². The molecule has 2 rings (SSSR count). The van der Waals surface area contributed by atoms with Gasteiger partial charge in [-0.1, -0.05) is 17.7 Å². The van der Waals surface area contributed by atoms with Gasteiger partial charge in [-0.25, -0.2) is 0 Å². The fraction of sp³-hybridized carbons (Fsp3) is 0.0909. The normalized spacial score (nSPS) is 10.5. The van der Waals surface area contributed by atoms with Crippen LogP contribution in [0.25, 0.3) is 0 Å². The summed E-state index contributed by atoms with van der Waals surface area (Å²) in [4.78, 5) is 2.45. The molecule has 0 aliphatic rings. The van der Waals surface area contributed by atoms with Gasteiger partial charge in [0, 0.05) is 26.2 Å². The smallest absolute Gasteiger partial charge is 0.0467 e. The van der Waals surface area contributed by atoms with Crippen molar-refractivity contribution in [2.45, 2.75) is 10.6 Å². The van der Waals surface area contributed by atoms with E-state index in [0.717, 1.165) is 16.3 Å². The first kappa shape index (κ1) is 10.9. The number of hydrogen-bond acceptors (Lipinski definition) is 3. The van der Waals surface area contributed by atoms with Crippen LogP contribution in [0.2, 0.25) is 5.02 Å². The molecule has 1 aromatic carbocycles. The van der Waals surface area contributed by atoms with Gasteiger partial charge in [0.05, 0.1) is 0 Å². The van der Waals surface area contributed by atoms with Crippen molar-refractivity contribution in [3.63, 3.8) is 0 Å². The maximum Gasteiger partial charge on any atom is 0.0467 e.